The van der Waals surface area contributed by atoms with Crippen LogP contribution < -0.4 is 5.73 Å². The van der Waals surface area contributed by atoms with Gasteiger partial charge < -0.3 is 10.8 Å². The third-order valence-electron chi connectivity index (χ3n) is 6.47. The van der Waals surface area contributed by atoms with Crippen molar-refractivity contribution in [3.63, 3.8) is 0 Å². The summed E-state index contributed by atoms with van der Waals surface area (Å²) in [5, 5.41) is 10.2. The maximum atomic E-state index is 13.7. The van der Waals surface area contributed by atoms with Gasteiger partial charge in [0.1, 0.15) is 11.6 Å². The number of phenolic OH excluding ortho intramolecular Hbond substituents is 1. The van der Waals surface area contributed by atoms with Crippen LogP contribution in [0, 0.1) is 5.82 Å². The molecule has 33 heavy (non-hydrogen) atoms. The molecular formula is C27H30FN3O2. The summed E-state index contributed by atoms with van der Waals surface area (Å²) in [6.07, 6.45) is 0. The third-order valence-corrected chi connectivity index (χ3v) is 6.47. The predicted octanol–water partition coefficient (Wildman–Crippen LogP) is 4.31. The third kappa shape index (κ3) is 5.24. The first-order valence-corrected chi connectivity index (χ1v) is 11.2. The Morgan fingerprint density at radius 3 is 2.39 bits per heavy atom. The van der Waals surface area contributed by atoms with Crippen LogP contribution in [0.1, 0.15) is 46.9 Å². The zero-order valence-corrected chi connectivity index (χ0v) is 19.0. The lowest BCUT2D eigenvalue weighted by Crippen LogP contribution is -2.56. The van der Waals surface area contributed by atoms with Gasteiger partial charge in [-0.25, -0.2) is 4.39 Å². The van der Waals surface area contributed by atoms with E-state index in [1.54, 1.807) is 36.4 Å². The Bertz CT molecular complexity index is 1120. The molecule has 1 unspecified atom stereocenters. The Morgan fingerprint density at radius 1 is 1.00 bits per heavy atom. The van der Waals surface area contributed by atoms with Crippen LogP contribution in [-0.4, -0.2) is 46.0 Å². The number of piperazine rings is 1. The van der Waals surface area contributed by atoms with E-state index in [0.29, 0.717) is 12.1 Å². The first-order chi connectivity index (χ1) is 15.8. The zero-order chi connectivity index (χ0) is 23.5. The Balaban J connectivity index is 1.62. The lowest BCUT2D eigenvalue weighted by Gasteiger charge is -2.47. The summed E-state index contributed by atoms with van der Waals surface area (Å²) in [7, 11) is 0. The van der Waals surface area contributed by atoms with Crippen molar-refractivity contribution < 1.29 is 14.3 Å². The number of hydrogen-bond donors (Lipinski definition) is 2. The molecule has 172 valence electrons. The van der Waals surface area contributed by atoms with Gasteiger partial charge in [0.05, 0.1) is 6.04 Å². The number of hydrogen-bond acceptors (Lipinski definition) is 4. The van der Waals surface area contributed by atoms with Crippen molar-refractivity contribution >= 4 is 5.91 Å². The number of halogens is 1. The number of nitrogens with zero attached hydrogens (tertiary/aromatic N) is 2. The summed E-state index contributed by atoms with van der Waals surface area (Å²) < 4.78 is 13.7. The largest absolute Gasteiger partial charge is 0.508 e. The van der Waals surface area contributed by atoms with Crippen molar-refractivity contribution in [2.24, 2.45) is 5.73 Å². The Morgan fingerprint density at radius 2 is 1.73 bits per heavy atom. The van der Waals surface area contributed by atoms with Crippen molar-refractivity contribution in [3.05, 3.63) is 101 Å². The van der Waals surface area contributed by atoms with Crippen LogP contribution in [0.5, 0.6) is 5.75 Å². The molecule has 0 spiro atoms. The summed E-state index contributed by atoms with van der Waals surface area (Å²) >= 11 is 0. The summed E-state index contributed by atoms with van der Waals surface area (Å²) in [6.45, 7) is 6.70. The maximum absolute atomic E-state index is 13.7. The minimum Gasteiger partial charge on any atom is -0.508 e. The van der Waals surface area contributed by atoms with Gasteiger partial charge in [-0.3, -0.25) is 14.6 Å². The quantitative estimate of drug-likeness (QED) is 0.591. The van der Waals surface area contributed by atoms with Crippen molar-refractivity contribution in [1.29, 1.82) is 0 Å². The average molecular weight is 448 g/mol. The average Bonchev–Trinajstić information content (AvgIpc) is 2.78. The van der Waals surface area contributed by atoms with Crippen LogP contribution in [0.4, 0.5) is 4.39 Å². The summed E-state index contributed by atoms with van der Waals surface area (Å²) in [5.41, 5.74) is 8.88. The van der Waals surface area contributed by atoms with Crippen molar-refractivity contribution in [2.75, 3.05) is 13.1 Å². The molecule has 6 heteroatoms. The molecule has 0 aromatic heterocycles. The van der Waals surface area contributed by atoms with E-state index in [4.69, 9.17) is 5.73 Å². The number of aromatic hydroxyl groups is 1. The molecular weight excluding hydrogens is 417 g/mol. The SMILES string of the molecule is C[C@@H]1CN(C(c2ccc(C(N)=O)cc2)c2cccc(O)c2)[C@@H](C)CN1Cc1cccc(F)c1. The highest BCUT2D eigenvalue weighted by molar-refractivity contribution is 5.92. The van der Waals surface area contributed by atoms with Gasteiger partial charge in [0.15, 0.2) is 0 Å². The van der Waals surface area contributed by atoms with Gasteiger partial charge in [0.25, 0.3) is 0 Å². The fraction of sp³-hybridized carbons (Fsp3) is 0.296. The van der Waals surface area contributed by atoms with Crippen molar-refractivity contribution in [1.82, 2.24) is 9.80 Å². The highest BCUT2D eigenvalue weighted by Crippen LogP contribution is 2.35. The van der Waals surface area contributed by atoms with Crippen LogP contribution in [0.2, 0.25) is 0 Å². The summed E-state index contributed by atoms with van der Waals surface area (Å²) in [4.78, 5) is 16.4. The standard InChI is InChI=1S/C27H30FN3O2/c1-18-16-31(19(2)15-30(18)17-20-5-3-7-24(28)13-20)26(23-6-4-8-25(32)14-23)21-9-11-22(12-10-21)27(29)33/h3-14,18-19,26,32H,15-17H2,1-2H3,(H2,29,33)/t18-,19+,26?/m1/s1. The van der Waals surface area contributed by atoms with Gasteiger partial charge >= 0.3 is 0 Å². The highest BCUT2D eigenvalue weighted by Gasteiger charge is 2.35. The molecule has 0 bridgehead atoms. The van der Waals surface area contributed by atoms with Crippen LogP contribution >= 0.6 is 0 Å². The number of carbonyl (C=O) groups is 1. The minimum absolute atomic E-state index is 0.0900. The van der Waals surface area contributed by atoms with Gasteiger partial charge in [0, 0.05) is 37.3 Å². The molecule has 3 N–H and O–H groups in total. The molecule has 3 atom stereocenters. The number of nitrogens with two attached hydrogens (primary N) is 1. The minimum atomic E-state index is -0.455. The summed E-state index contributed by atoms with van der Waals surface area (Å²) in [6, 6.07) is 21.8. The van der Waals surface area contributed by atoms with E-state index in [9.17, 15) is 14.3 Å². The first kappa shape index (κ1) is 23.0. The maximum Gasteiger partial charge on any atom is 0.248 e. The van der Waals surface area contributed by atoms with Crippen molar-refractivity contribution in [3.8, 4) is 5.75 Å². The van der Waals surface area contributed by atoms with E-state index in [1.807, 2.05) is 30.3 Å². The molecule has 0 saturated carbocycles. The molecule has 1 fully saturated rings. The van der Waals surface area contributed by atoms with Crippen molar-refractivity contribution in [2.45, 2.75) is 38.5 Å². The van der Waals surface area contributed by atoms with Crippen LogP contribution in [0.15, 0.2) is 72.8 Å². The Kier molecular flexibility index (Phi) is 6.77. The molecule has 4 rings (SSSR count). The number of primary amides is 1. The van der Waals surface area contributed by atoms with Gasteiger partial charge in [-0.2, -0.15) is 0 Å². The molecule has 0 aliphatic carbocycles. The molecule has 0 radical (unpaired) electrons. The number of phenols is 1. The smallest absolute Gasteiger partial charge is 0.248 e. The topological polar surface area (TPSA) is 69.8 Å². The fourth-order valence-corrected chi connectivity index (χ4v) is 4.77. The second-order valence-electron chi connectivity index (χ2n) is 8.94. The normalized spacial score (nSPS) is 20.5. The Hall–Kier alpha value is -3.22. The molecule has 1 aliphatic rings. The molecule has 1 amide bonds. The van der Waals surface area contributed by atoms with E-state index in [2.05, 4.69) is 23.6 Å². The monoisotopic (exact) mass is 447 g/mol. The van der Waals surface area contributed by atoms with E-state index >= 15 is 0 Å². The first-order valence-electron chi connectivity index (χ1n) is 11.2. The zero-order valence-electron chi connectivity index (χ0n) is 19.0. The van der Waals surface area contributed by atoms with E-state index in [1.165, 1.54) is 6.07 Å². The molecule has 1 saturated heterocycles. The fourth-order valence-electron chi connectivity index (χ4n) is 4.77. The lowest BCUT2D eigenvalue weighted by molar-refractivity contribution is 0.0194. The summed E-state index contributed by atoms with van der Waals surface area (Å²) in [5.74, 6) is -0.449. The van der Waals surface area contributed by atoms with E-state index < -0.39 is 5.91 Å². The van der Waals surface area contributed by atoms with Gasteiger partial charge in [-0.1, -0.05) is 36.4 Å². The predicted molar refractivity (Wildman–Crippen MR) is 127 cm³/mol. The number of rotatable bonds is 6. The second-order valence-corrected chi connectivity index (χ2v) is 8.94. The van der Waals surface area contributed by atoms with E-state index in [-0.39, 0.29) is 29.7 Å². The lowest BCUT2D eigenvalue weighted by atomic mass is 9.92. The van der Waals surface area contributed by atoms with Crippen LogP contribution in [-0.2, 0) is 6.54 Å². The van der Waals surface area contributed by atoms with Gasteiger partial charge in [-0.15, -0.1) is 0 Å². The number of benzene rings is 3. The van der Waals surface area contributed by atoms with Crippen LogP contribution in [0.3, 0.4) is 0 Å². The van der Waals surface area contributed by atoms with Crippen LogP contribution in [0.25, 0.3) is 0 Å². The molecule has 1 aliphatic heterocycles. The second kappa shape index (κ2) is 9.73. The highest BCUT2D eigenvalue weighted by atomic mass is 19.1. The molecule has 3 aromatic rings. The number of carbonyl (C=O) groups excluding carboxylic acids is 1. The molecule has 5 nitrogen and oxygen atoms in total. The van der Waals surface area contributed by atoms with E-state index in [0.717, 1.165) is 29.8 Å². The number of amides is 1. The molecule has 3 aromatic carbocycles. The molecule has 1 heterocycles. The van der Waals surface area contributed by atoms with Gasteiger partial charge in [0.2, 0.25) is 5.91 Å². The Labute approximate surface area is 194 Å². The van der Waals surface area contributed by atoms with Gasteiger partial charge in [-0.05, 0) is 66.9 Å².